The second-order valence-electron chi connectivity index (χ2n) is 6.15. The van der Waals surface area contributed by atoms with Gasteiger partial charge in [0.25, 0.3) is 0 Å². The van der Waals surface area contributed by atoms with Crippen molar-refractivity contribution in [3.63, 3.8) is 0 Å². The molecule has 11 nitrogen and oxygen atoms in total. The maximum absolute atomic E-state index is 12.8. The van der Waals surface area contributed by atoms with E-state index >= 15 is 0 Å². The highest BCUT2D eigenvalue weighted by molar-refractivity contribution is 5.93. The van der Waals surface area contributed by atoms with Gasteiger partial charge < -0.3 is 31.8 Å². The molecule has 1 aliphatic rings. The number of imidazole rings is 1. The first kappa shape index (κ1) is 19.4. The highest BCUT2D eigenvalue weighted by Gasteiger charge is 2.38. The van der Waals surface area contributed by atoms with Gasteiger partial charge in [-0.1, -0.05) is 0 Å². The Morgan fingerprint density at radius 3 is 2.73 bits per heavy atom. The molecule has 1 fully saturated rings. The molecule has 0 aromatic carbocycles. The molecular weight excluding hydrogens is 344 g/mol. The summed E-state index contributed by atoms with van der Waals surface area (Å²) in [6.45, 7) is 0.290. The van der Waals surface area contributed by atoms with Crippen molar-refractivity contribution in [1.29, 1.82) is 0 Å². The predicted molar refractivity (Wildman–Crippen MR) is 88.4 cm³/mol. The van der Waals surface area contributed by atoms with Crippen molar-refractivity contribution in [2.45, 2.75) is 43.8 Å². The van der Waals surface area contributed by atoms with Gasteiger partial charge in [0.05, 0.1) is 18.8 Å². The van der Waals surface area contributed by atoms with Gasteiger partial charge in [-0.25, -0.2) is 9.78 Å². The van der Waals surface area contributed by atoms with Crippen molar-refractivity contribution < 1.29 is 24.3 Å². The average molecular weight is 366 g/mol. The number of hydrogen-bond donors (Lipinski definition) is 5. The summed E-state index contributed by atoms with van der Waals surface area (Å²) in [7, 11) is 0. The van der Waals surface area contributed by atoms with E-state index in [0.29, 0.717) is 25.1 Å². The number of carboxylic acids is 1. The lowest BCUT2D eigenvalue weighted by molar-refractivity contribution is -0.149. The van der Waals surface area contributed by atoms with E-state index in [2.05, 4.69) is 15.3 Å². The smallest absolute Gasteiger partial charge is 0.326 e. The zero-order valence-corrected chi connectivity index (χ0v) is 14.1. The van der Waals surface area contributed by atoms with Crippen LogP contribution in [-0.4, -0.2) is 68.3 Å². The number of nitrogens with two attached hydrogens (primary N) is 2. The highest BCUT2D eigenvalue weighted by atomic mass is 16.4. The van der Waals surface area contributed by atoms with Gasteiger partial charge in [-0.2, -0.15) is 0 Å². The molecule has 0 aliphatic carbocycles. The Balaban J connectivity index is 2.15. The van der Waals surface area contributed by atoms with E-state index in [0.717, 1.165) is 0 Å². The molecule has 0 spiro atoms. The molecule has 3 atom stereocenters. The van der Waals surface area contributed by atoms with Crippen molar-refractivity contribution in [2.24, 2.45) is 11.5 Å². The minimum atomic E-state index is -1.20. The number of carbonyl (C=O) groups excluding carboxylic acids is 3. The lowest BCUT2D eigenvalue weighted by Gasteiger charge is -2.27. The van der Waals surface area contributed by atoms with Crippen LogP contribution in [0.5, 0.6) is 0 Å². The van der Waals surface area contributed by atoms with Crippen molar-refractivity contribution >= 4 is 23.7 Å². The summed E-state index contributed by atoms with van der Waals surface area (Å²) in [5.74, 6) is -3.07. The van der Waals surface area contributed by atoms with Gasteiger partial charge in [0.15, 0.2) is 0 Å². The summed E-state index contributed by atoms with van der Waals surface area (Å²) >= 11 is 0. The molecule has 26 heavy (non-hydrogen) atoms. The Morgan fingerprint density at radius 2 is 2.15 bits per heavy atom. The van der Waals surface area contributed by atoms with E-state index in [4.69, 9.17) is 11.5 Å². The predicted octanol–water partition coefficient (Wildman–Crippen LogP) is -2.28. The number of aliphatic carboxylic acids is 1. The minimum Gasteiger partial charge on any atom is -0.480 e. The van der Waals surface area contributed by atoms with E-state index < -0.39 is 41.8 Å². The number of aromatic nitrogens is 2. The van der Waals surface area contributed by atoms with Gasteiger partial charge in [-0.05, 0) is 12.8 Å². The Morgan fingerprint density at radius 1 is 1.42 bits per heavy atom. The molecule has 142 valence electrons. The fourth-order valence-electron chi connectivity index (χ4n) is 2.89. The van der Waals surface area contributed by atoms with Crippen LogP contribution in [-0.2, 0) is 25.6 Å². The lowest BCUT2D eigenvalue weighted by atomic mass is 10.1. The molecule has 0 radical (unpaired) electrons. The second-order valence-corrected chi connectivity index (χ2v) is 6.15. The number of nitrogens with one attached hydrogen (secondary N) is 2. The highest BCUT2D eigenvalue weighted by Crippen LogP contribution is 2.19. The van der Waals surface area contributed by atoms with E-state index in [-0.39, 0.29) is 12.8 Å². The lowest BCUT2D eigenvalue weighted by Crippen LogP contribution is -2.55. The average Bonchev–Trinajstić information content (AvgIpc) is 3.24. The van der Waals surface area contributed by atoms with Gasteiger partial charge in [0.2, 0.25) is 17.7 Å². The van der Waals surface area contributed by atoms with Crippen LogP contribution in [0.4, 0.5) is 0 Å². The Bertz CT molecular complexity index is 676. The Kier molecular flexibility index (Phi) is 6.28. The van der Waals surface area contributed by atoms with Crippen LogP contribution in [0.15, 0.2) is 12.5 Å². The molecule has 1 saturated heterocycles. The zero-order chi connectivity index (χ0) is 19.3. The normalized spacial score (nSPS) is 19.0. The SMILES string of the molecule is NC(=O)C[C@H](N)C(=O)N[C@@H](Cc1cnc[nH]1)C(=O)N1CCC[C@@H]1C(=O)O. The molecule has 1 aromatic heterocycles. The molecular formula is C15H22N6O5. The number of rotatable bonds is 8. The first-order valence-electron chi connectivity index (χ1n) is 8.14. The first-order valence-corrected chi connectivity index (χ1v) is 8.14. The van der Waals surface area contributed by atoms with Gasteiger partial charge in [0, 0.05) is 24.9 Å². The first-order chi connectivity index (χ1) is 12.3. The van der Waals surface area contributed by atoms with E-state index in [9.17, 15) is 24.3 Å². The molecule has 3 amide bonds. The Hall–Kier alpha value is -2.95. The zero-order valence-electron chi connectivity index (χ0n) is 14.1. The number of amides is 3. The number of carboxylic acid groups (broad SMARTS) is 1. The second kappa shape index (κ2) is 8.43. The topological polar surface area (TPSA) is 184 Å². The summed E-state index contributed by atoms with van der Waals surface area (Å²) in [5, 5.41) is 11.8. The largest absolute Gasteiger partial charge is 0.480 e. The van der Waals surface area contributed by atoms with E-state index in [1.54, 1.807) is 0 Å². The standard InChI is InChI=1S/C15H22N6O5/c16-9(5-12(17)22)13(23)20-10(4-8-6-18-7-19-8)14(24)21-3-1-2-11(21)15(25)26/h6-7,9-11H,1-5,16H2,(H2,17,22)(H,18,19)(H,20,23)(H,25,26)/t9-,10-,11+/m0/s1. The van der Waals surface area contributed by atoms with Crippen LogP contribution in [0.3, 0.4) is 0 Å². The number of nitrogens with zero attached hydrogens (tertiary/aromatic N) is 2. The molecule has 11 heteroatoms. The van der Waals surface area contributed by atoms with Crippen LogP contribution >= 0.6 is 0 Å². The number of hydrogen-bond acceptors (Lipinski definition) is 6. The van der Waals surface area contributed by atoms with Gasteiger partial charge in [-0.15, -0.1) is 0 Å². The summed E-state index contributed by atoms with van der Waals surface area (Å²) in [6, 6.07) is -3.16. The quantitative estimate of drug-likeness (QED) is 0.343. The molecule has 2 rings (SSSR count). The fraction of sp³-hybridized carbons (Fsp3) is 0.533. The van der Waals surface area contributed by atoms with Gasteiger partial charge in [0.1, 0.15) is 12.1 Å². The third kappa shape index (κ3) is 4.79. The van der Waals surface area contributed by atoms with Crippen molar-refractivity contribution in [3.8, 4) is 0 Å². The van der Waals surface area contributed by atoms with Crippen LogP contribution < -0.4 is 16.8 Å². The van der Waals surface area contributed by atoms with Gasteiger partial charge in [-0.3, -0.25) is 14.4 Å². The summed E-state index contributed by atoms with van der Waals surface area (Å²) in [6.07, 6.45) is 3.55. The molecule has 0 saturated carbocycles. The molecule has 0 bridgehead atoms. The number of carbonyl (C=O) groups is 4. The molecule has 0 unspecified atom stereocenters. The molecule has 7 N–H and O–H groups in total. The van der Waals surface area contributed by atoms with Gasteiger partial charge >= 0.3 is 5.97 Å². The van der Waals surface area contributed by atoms with Crippen LogP contribution in [0.1, 0.15) is 25.0 Å². The molecule has 2 heterocycles. The van der Waals surface area contributed by atoms with Crippen LogP contribution in [0.25, 0.3) is 0 Å². The van der Waals surface area contributed by atoms with Crippen molar-refractivity contribution in [1.82, 2.24) is 20.2 Å². The number of aromatic amines is 1. The fourth-order valence-corrected chi connectivity index (χ4v) is 2.89. The molecule has 1 aromatic rings. The van der Waals surface area contributed by atoms with E-state index in [1.807, 2.05) is 0 Å². The summed E-state index contributed by atoms with van der Waals surface area (Å²) in [5.41, 5.74) is 11.2. The van der Waals surface area contributed by atoms with Crippen molar-refractivity contribution in [3.05, 3.63) is 18.2 Å². The summed E-state index contributed by atoms with van der Waals surface area (Å²) < 4.78 is 0. The van der Waals surface area contributed by atoms with E-state index in [1.165, 1.54) is 17.4 Å². The van der Waals surface area contributed by atoms with Crippen molar-refractivity contribution in [2.75, 3.05) is 6.54 Å². The Labute approximate surface area is 149 Å². The minimum absolute atomic E-state index is 0.0801. The van der Waals surface area contributed by atoms with Crippen LogP contribution in [0, 0.1) is 0 Å². The maximum Gasteiger partial charge on any atom is 0.326 e. The number of H-pyrrole nitrogens is 1. The third-order valence-corrected chi connectivity index (χ3v) is 4.17. The maximum atomic E-state index is 12.8. The monoisotopic (exact) mass is 366 g/mol. The number of likely N-dealkylation sites (tertiary alicyclic amines) is 1. The summed E-state index contributed by atoms with van der Waals surface area (Å²) in [4.78, 5) is 55.2. The third-order valence-electron chi connectivity index (χ3n) is 4.17. The molecule has 1 aliphatic heterocycles. The number of primary amides is 1. The van der Waals surface area contributed by atoms with Crippen LogP contribution in [0.2, 0.25) is 0 Å².